The Balaban J connectivity index is 1.81. The van der Waals surface area contributed by atoms with Gasteiger partial charge < -0.3 is 14.8 Å². The summed E-state index contributed by atoms with van der Waals surface area (Å²) in [6.45, 7) is 7.58. The van der Waals surface area contributed by atoms with E-state index in [-0.39, 0.29) is 0 Å². The molecule has 0 saturated heterocycles. The van der Waals surface area contributed by atoms with Gasteiger partial charge in [-0.05, 0) is 37.9 Å². The normalized spacial score (nSPS) is 10.9. The zero-order valence-corrected chi connectivity index (χ0v) is 12.2. The van der Waals surface area contributed by atoms with Crippen LogP contribution in [0.4, 0.5) is 0 Å². The van der Waals surface area contributed by atoms with Crippen LogP contribution < -0.4 is 10.1 Å². The highest BCUT2D eigenvalue weighted by atomic mass is 16.5. The van der Waals surface area contributed by atoms with Crippen molar-refractivity contribution < 1.29 is 9.47 Å². The molecule has 1 N–H and O–H groups in total. The molecule has 0 unspecified atom stereocenters. The first-order chi connectivity index (χ1) is 9.29. The molecule has 0 aliphatic heterocycles. The van der Waals surface area contributed by atoms with Crippen molar-refractivity contribution in [3.63, 3.8) is 0 Å². The lowest BCUT2D eigenvalue weighted by Gasteiger charge is -2.08. The van der Waals surface area contributed by atoms with Crippen molar-refractivity contribution in [3.8, 4) is 5.75 Å². The predicted octanol–water partition coefficient (Wildman–Crippen LogP) is 3.25. The van der Waals surface area contributed by atoms with Crippen molar-refractivity contribution in [2.24, 2.45) is 0 Å². The SMILES string of the molecule is CC(C)NCCCCCOCCOc1ccccc1. The lowest BCUT2D eigenvalue weighted by Crippen LogP contribution is -2.23. The molecule has 0 aliphatic carbocycles. The van der Waals surface area contributed by atoms with Crippen LogP contribution in [0.25, 0.3) is 0 Å². The van der Waals surface area contributed by atoms with E-state index in [9.17, 15) is 0 Å². The molecule has 0 atom stereocenters. The van der Waals surface area contributed by atoms with Crippen molar-refractivity contribution in [1.29, 1.82) is 0 Å². The Kier molecular flexibility index (Phi) is 9.11. The Morgan fingerprint density at radius 1 is 0.947 bits per heavy atom. The average molecular weight is 265 g/mol. The van der Waals surface area contributed by atoms with Crippen LogP contribution in [0.15, 0.2) is 30.3 Å². The Bertz CT molecular complexity index is 301. The molecular weight excluding hydrogens is 238 g/mol. The molecule has 0 fully saturated rings. The zero-order chi connectivity index (χ0) is 13.8. The largest absolute Gasteiger partial charge is 0.491 e. The molecule has 0 aromatic heterocycles. The van der Waals surface area contributed by atoms with Gasteiger partial charge in [-0.2, -0.15) is 0 Å². The predicted molar refractivity (Wildman–Crippen MR) is 79.7 cm³/mol. The van der Waals surface area contributed by atoms with Crippen LogP contribution in [0.2, 0.25) is 0 Å². The highest BCUT2D eigenvalue weighted by molar-refractivity contribution is 5.20. The minimum atomic E-state index is 0.589. The Labute approximate surface area is 117 Å². The summed E-state index contributed by atoms with van der Waals surface area (Å²) >= 11 is 0. The molecule has 0 heterocycles. The van der Waals surface area contributed by atoms with Gasteiger partial charge in [-0.15, -0.1) is 0 Å². The molecule has 19 heavy (non-hydrogen) atoms. The van der Waals surface area contributed by atoms with Gasteiger partial charge in [0, 0.05) is 12.6 Å². The summed E-state index contributed by atoms with van der Waals surface area (Å²) in [6, 6.07) is 10.4. The molecule has 0 bridgehead atoms. The highest BCUT2D eigenvalue weighted by Gasteiger charge is 1.94. The van der Waals surface area contributed by atoms with E-state index in [0.29, 0.717) is 19.3 Å². The van der Waals surface area contributed by atoms with Crippen LogP contribution in [0.5, 0.6) is 5.75 Å². The van der Waals surface area contributed by atoms with Crippen LogP contribution in [-0.2, 0) is 4.74 Å². The lowest BCUT2D eigenvalue weighted by molar-refractivity contribution is 0.0971. The van der Waals surface area contributed by atoms with E-state index in [1.54, 1.807) is 0 Å². The van der Waals surface area contributed by atoms with Crippen molar-refractivity contribution >= 4 is 0 Å². The fourth-order valence-electron chi connectivity index (χ4n) is 1.73. The molecule has 0 radical (unpaired) electrons. The van der Waals surface area contributed by atoms with Crippen molar-refractivity contribution in [1.82, 2.24) is 5.32 Å². The van der Waals surface area contributed by atoms with E-state index >= 15 is 0 Å². The zero-order valence-electron chi connectivity index (χ0n) is 12.2. The minimum Gasteiger partial charge on any atom is -0.491 e. The Morgan fingerprint density at radius 3 is 2.47 bits per heavy atom. The van der Waals surface area contributed by atoms with Gasteiger partial charge in [0.25, 0.3) is 0 Å². The third-order valence-electron chi connectivity index (χ3n) is 2.76. The summed E-state index contributed by atoms with van der Waals surface area (Å²) in [4.78, 5) is 0. The number of unbranched alkanes of at least 4 members (excludes halogenated alkanes) is 2. The number of hydrogen-bond acceptors (Lipinski definition) is 3. The Morgan fingerprint density at radius 2 is 1.74 bits per heavy atom. The van der Waals surface area contributed by atoms with Crippen molar-refractivity contribution in [2.45, 2.75) is 39.2 Å². The highest BCUT2D eigenvalue weighted by Crippen LogP contribution is 2.07. The van der Waals surface area contributed by atoms with Gasteiger partial charge in [-0.25, -0.2) is 0 Å². The molecule has 1 rings (SSSR count). The van der Waals surface area contributed by atoms with E-state index in [1.807, 2.05) is 30.3 Å². The number of benzene rings is 1. The van der Waals surface area contributed by atoms with Gasteiger partial charge in [0.05, 0.1) is 6.61 Å². The van der Waals surface area contributed by atoms with E-state index in [4.69, 9.17) is 9.47 Å². The van der Waals surface area contributed by atoms with Crippen LogP contribution in [0.3, 0.4) is 0 Å². The lowest BCUT2D eigenvalue weighted by atomic mass is 10.2. The van der Waals surface area contributed by atoms with Crippen molar-refractivity contribution in [3.05, 3.63) is 30.3 Å². The van der Waals surface area contributed by atoms with Gasteiger partial charge in [0.2, 0.25) is 0 Å². The van der Waals surface area contributed by atoms with E-state index in [2.05, 4.69) is 19.2 Å². The topological polar surface area (TPSA) is 30.5 Å². The van der Waals surface area contributed by atoms with Gasteiger partial charge in [0.1, 0.15) is 12.4 Å². The second kappa shape index (κ2) is 10.8. The molecule has 0 saturated carbocycles. The summed E-state index contributed by atoms with van der Waals surface area (Å²) in [5.41, 5.74) is 0. The maximum Gasteiger partial charge on any atom is 0.119 e. The number of para-hydroxylation sites is 1. The molecule has 1 aromatic rings. The fraction of sp³-hybridized carbons (Fsp3) is 0.625. The first-order valence-corrected chi connectivity index (χ1v) is 7.28. The second-order valence-corrected chi connectivity index (χ2v) is 4.94. The standard InChI is InChI=1S/C16H27NO2/c1-15(2)17-11-7-4-8-12-18-13-14-19-16-9-5-3-6-10-16/h3,5-6,9-10,15,17H,4,7-8,11-14H2,1-2H3. The summed E-state index contributed by atoms with van der Waals surface area (Å²) in [5.74, 6) is 0.908. The van der Waals surface area contributed by atoms with Crippen LogP contribution in [-0.4, -0.2) is 32.4 Å². The number of ether oxygens (including phenoxy) is 2. The van der Waals surface area contributed by atoms with E-state index in [0.717, 1.165) is 25.3 Å². The summed E-state index contributed by atoms with van der Waals surface area (Å²) in [6.07, 6.45) is 3.58. The number of nitrogens with one attached hydrogen (secondary N) is 1. The first kappa shape index (κ1) is 16.0. The summed E-state index contributed by atoms with van der Waals surface area (Å²) < 4.78 is 11.1. The minimum absolute atomic E-state index is 0.589. The van der Waals surface area contributed by atoms with E-state index < -0.39 is 0 Å². The summed E-state index contributed by atoms with van der Waals surface area (Å²) in [7, 11) is 0. The quantitative estimate of drug-likeness (QED) is 0.623. The smallest absolute Gasteiger partial charge is 0.119 e. The molecule has 0 amide bonds. The number of hydrogen-bond donors (Lipinski definition) is 1. The average Bonchev–Trinajstić information content (AvgIpc) is 2.42. The molecule has 0 spiro atoms. The fourth-order valence-corrected chi connectivity index (χ4v) is 1.73. The van der Waals surface area contributed by atoms with E-state index in [1.165, 1.54) is 12.8 Å². The van der Waals surface area contributed by atoms with Gasteiger partial charge >= 0.3 is 0 Å². The van der Waals surface area contributed by atoms with Gasteiger partial charge in [-0.1, -0.05) is 32.0 Å². The monoisotopic (exact) mass is 265 g/mol. The van der Waals surface area contributed by atoms with Crippen LogP contribution in [0, 0.1) is 0 Å². The molecule has 3 heteroatoms. The molecule has 0 aliphatic rings. The van der Waals surface area contributed by atoms with Gasteiger partial charge in [0.15, 0.2) is 0 Å². The first-order valence-electron chi connectivity index (χ1n) is 7.28. The second-order valence-electron chi connectivity index (χ2n) is 4.94. The molecular formula is C16H27NO2. The van der Waals surface area contributed by atoms with Crippen LogP contribution >= 0.6 is 0 Å². The Hall–Kier alpha value is -1.06. The third-order valence-corrected chi connectivity index (χ3v) is 2.76. The van der Waals surface area contributed by atoms with Crippen molar-refractivity contribution in [2.75, 3.05) is 26.4 Å². The summed E-state index contributed by atoms with van der Waals surface area (Å²) in [5, 5.41) is 3.41. The maximum absolute atomic E-state index is 5.54. The maximum atomic E-state index is 5.54. The molecule has 108 valence electrons. The van der Waals surface area contributed by atoms with Gasteiger partial charge in [-0.3, -0.25) is 0 Å². The molecule has 1 aromatic carbocycles. The number of rotatable bonds is 11. The third kappa shape index (κ3) is 9.51. The molecule has 3 nitrogen and oxygen atoms in total. The van der Waals surface area contributed by atoms with Crippen LogP contribution in [0.1, 0.15) is 33.1 Å².